The summed E-state index contributed by atoms with van der Waals surface area (Å²) in [6.45, 7) is 9.95. The Hall–Kier alpha value is -3.19. The van der Waals surface area contributed by atoms with Gasteiger partial charge in [-0.1, -0.05) is 24.9 Å². The molecule has 0 bridgehead atoms. The topological polar surface area (TPSA) is 71.1 Å². The van der Waals surface area contributed by atoms with Crippen molar-refractivity contribution in [2.24, 2.45) is 0 Å². The van der Waals surface area contributed by atoms with E-state index in [0.29, 0.717) is 11.5 Å². The zero-order valence-electron chi connectivity index (χ0n) is 16.2. The monoisotopic (exact) mass is 414 g/mol. The molecule has 0 saturated heterocycles. The first kappa shape index (κ1) is 22.1. The molecule has 2 unspecified atom stereocenters. The Morgan fingerprint density at radius 2 is 1.10 bits per heavy atom. The van der Waals surface area contributed by atoms with Crippen molar-refractivity contribution in [2.75, 3.05) is 0 Å². The molecule has 0 heterocycles. The summed E-state index contributed by atoms with van der Waals surface area (Å²) in [5.74, 6) is 0.103. The third-order valence-electron chi connectivity index (χ3n) is 3.38. The van der Waals surface area contributed by atoms with Gasteiger partial charge in [0.05, 0.1) is 0 Å². The van der Waals surface area contributed by atoms with Crippen LogP contribution >= 0.6 is 11.8 Å². The molecule has 152 valence electrons. The first-order valence-electron chi connectivity index (χ1n) is 8.77. The van der Waals surface area contributed by atoms with E-state index in [1.165, 1.54) is 0 Å². The van der Waals surface area contributed by atoms with Gasteiger partial charge >= 0.3 is 11.9 Å². The van der Waals surface area contributed by atoms with Gasteiger partial charge in [0.1, 0.15) is 11.5 Å². The smallest absolute Gasteiger partial charge is 0.333 e. The Kier molecular flexibility index (Phi) is 8.36. The number of benzene rings is 2. The largest absolute Gasteiger partial charge is 0.455 e. The van der Waals surface area contributed by atoms with Crippen molar-refractivity contribution in [1.29, 1.82) is 0 Å². The van der Waals surface area contributed by atoms with Crippen molar-refractivity contribution in [3.63, 3.8) is 0 Å². The van der Waals surface area contributed by atoms with Crippen LogP contribution in [0.5, 0.6) is 11.5 Å². The van der Waals surface area contributed by atoms with Crippen LogP contribution in [0, 0.1) is 0 Å². The van der Waals surface area contributed by atoms with Gasteiger partial charge in [-0.2, -0.15) is 0 Å². The fourth-order valence-electron chi connectivity index (χ4n) is 2.16. The molecule has 0 spiro atoms. The summed E-state index contributed by atoms with van der Waals surface area (Å²) in [5, 5.41) is 0. The number of ether oxygens (including phenoxy) is 4. The molecule has 0 saturated carbocycles. The average molecular weight is 414 g/mol. The number of carbonyl (C=O) groups is 2. The molecule has 2 aromatic carbocycles. The second kappa shape index (κ2) is 11.0. The van der Waals surface area contributed by atoms with Crippen molar-refractivity contribution in [3.8, 4) is 11.5 Å². The Balaban J connectivity index is 1.88. The molecule has 0 aromatic heterocycles. The van der Waals surface area contributed by atoms with E-state index >= 15 is 0 Å². The van der Waals surface area contributed by atoms with Gasteiger partial charge in [0.15, 0.2) is 0 Å². The zero-order valence-corrected chi connectivity index (χ0v) is 17.0. The second-order valence-corrected chi connectivity index (χ2v) is 6.84. The van der Waals surface area contributed by atoms with Crippen LogP contribution in [0.4, 0.5) is 0 Å². The summed E-state index contributed by atoms with van der Waals surface area (Å²) in [6, 6.07) is 14.8. The van der Waals surface area contributed by atoms with Gasteiger partial charge < -0.3 is 18.9 Å². The van der Waals surface area contributed by atoms with E-state index in [2.05, 4.69) is 13.2 Å². The number of hydrogen-bond acceptors (Lipinski definition) is 7. The van der Waals surface area contributed by atoms with Gasteiger partial charge in [-0.15, -0.1) is 0 Å². The van der Waals surface area contributed by atoms with Crippen molar-refractivity contribution < 1.29 is 28.5 Å². The van der Waals surface area contributed by atoms with Gasteiger partial charge in [-0.05, 0) is 48.5 Å². The summed E-state index contributed by atoms with van der Waals surface area (Å²) in [4.78, 5) is 24.3. The van der Waals surface area contributed by atoms with Gasteiger partial charge in [0.2, 0.25) is 12.6 Å². The first-order chi connectivity index (χ1) is 13.9. The number of carbonyl (C=O) groups excluding carboxylic acids is 2. The quantitative estimate of drug-likeness (QED) is 0.316. The van der Waals surface area contributed by atoms with Crippen LogP contribution in [0.15, 0.2) is 83.6 Å². The van der Waals surface area contributed by atoms with Gasteiger partial charge in [-0.25, -0.2) is 9.59 Å². The minimum atomic E-state index is -0.709. The zero-order chi connectivity index (χ0) is 21.2. The first-order valence-corrected chi connectivity index (χ1v) is 9.58. The van der Waals surface area contributed by atoms with E-state index in [1.807, 2.05) is 24.3 Å². The van der Waals surface area contributed by atoms with Crippen molar-refractivity contribution >= 4 is 23.7 Å². The van der Waals surface area contributed by atoms with E-state index in [0.717, 1.165) is 21.9 Å². The number of esters is 2. The molecule has 29 heavy (non-hydrogen) atoms. The lowest BCUT2D eigenvalue weighted by molar-refractivity contribution is -0.156. The molecule has 0 N–H and O–H groups in total. The lowest BCUT2D eigenvalue weighted by Gasteiger charge is -2.15. The van der Waals surface area contributed by atoms with E-state index in [4.69, 9.17) is 18.9 Å². The van der Waals surface area contributed by atoms with E-state index in [9.17, 15) is 9.59 Å². The molecule has 2 aromatic rings. The van der Waals surface area contributed by atoms with Crippen LogP contribution in [0.25, 0.3) is 0 Å². The molecule has 0 aliphatic carbocycles. The third kappa shape index (κ3) is 7.75. The van der Waals surface area contributed by atoms with Gasteiger partial charge in [0.25, 0.3) is 0 Å². The molecule has 0 fully saturated rings. The summed E-state index contributed by atoms with van der Waals surface area (Å²) < 4.78 is 21.0. The molecule has 2 atom stereocenters. The van der Waals surface area contributed by atoms with Crippen molar-refractivity contribution in [2.45, 2.75) is 36.2 Å². The van der Waals surface area contributed by atoms with Crippen LogP contribution in [0.2, 0.25) is 0 Å². The molecule has 2 rings (SSSR count). The highest BCUT2D eigenvalue weighted by Gasteiger charge is 2.09. The standard InChI is InChI=1S/C22H22O6S/c1-5-21(23)27-15(3)25-17-7-11-19(12-8-17)29-20-13-9-18(10-14-20)26-16(4)28-22(24)6-2/h5-16H,1-2H2,3-4H3. The maximum Gasteiger partial charge on any atom is 0.333 e. The summed E-state index contributed by atoms with van der Waals surface area (Å²) >= 11 is 1.56. The Bertz CT molecular complexity index is 773. The molecular formula is C22H22O6S. The highest BCUT2D eigenvalue weighted by Crippen LogP contribution is 2.30. The maximum atomic E-state index is 11.2. The molecule has 7 heteroatoms. The van der Waals surface area contributed by atoms with Gasteiger partial charge in [-0.3, -0.25) is 0 Å². The summed E-state index contributed by atoms with van der Waals surface area (Å²) in [7, 11) is 0. The number of rotatable bonds is 10. The molecule has 0 amide bonds. The predicted molar refractivity (Wildman–Crippen MR) is 110 cm³/mol. The molecule has 0 radical (unpaired) electrons. The predicted octanol–water partition coefficient (Wildman–Crippen LogP) is 4.75. The van der Waals surface area contributed by atoms with Crippen LogP contribution < -0.4 is 9.47 Å². The molecule has 0 aliphatic heterocycles. The van der Waals surface area contributed by atoms with Gasteiger partial charge in [0, 0.05) is 35.8 Å². The lowest BCUT2D eigenvalue weighted by atomic mass is 10.3. The van der Waals surface area contributed by atoms with Crippen LogP contribution in [-0.4, -0.2) is 24.5 Å². The lowest BCUT2D eigenvalue weighted by Crippen LogP contribution is -2.19. The average Bonchev–Trinajstić information content (AvgIpc) is 2.70. The second-order valence-electron chi connectivity index (χ2n) is 5.70. The third-order valence-corrected chi connectivity index (χ3v) is 4.40. The minimum Gasteiger partial charge on any atom is -0.455 e. The minimum absolute atomic E-state index is 0.537. The highest BCUT2D eigenvalue weighted by atomic mass is 32.2. The maximum absolute atomic E-state index is 11.2. The summed E-state index contributed by atoms with van der Waals surface area (Å²) in [6.07, 6.45) is 0.758. The number of hydrogen-bond donors (Lipinski definition) is 0. The van der Waals surface area contributed by atoms with E-state index in [-0.39, 0.29) is 0 Å². The fourth-order valence-corrected chi connectivity index (χ4v) is 2.98. The normalized spacial score (nSPS) is 12.2. The van der Waals surface area contributed by atoms with Crippen LogP contribution in [0.3, 0.4) is 0 Å². The Morgan fingerprint density at radius 3 is 1.41 bits per heavy atom. The molecule has 6 nitrogen and oxygen atoms in total. The van der Waals surface area contributed by atoms with E-state index < -0.39 is 24.5 Å². The molecule has 0 aliphatic rings. The van der Waals surface area contributed by atoms with Crippen molar-refractivity contribution in [1.82, 2.24) is 0 Å². The molecular weight excluding hydrogens is 392 g/mol. The van der Waals surface area contributed by atoms with Crippen molar-refractivity contribution in [3.05, 3.63) is 73.8 Å². The Labute approximate surface area is 174 Å². The summed E-state index contributed by atoms with van der Waals surface area (Å²) in [5.41, 5.74) is 0. The van der Waals surface area contributed by atoms with Crippen LogP contribution in [0.1, 0.15) is 13.8 Å². The van der Waals surface area contributed by atoms with E-state index in [1.54, 1.807) is 49.9 Å². The fraction of sp³-hybridized carbons (Fsp3) is 0.182. The highest BCUT2D eigenvalue weighted by molar-refractivity contribution is 7.99. The SMILES string of the molecule is C=CC(=O)OC(C)Oc1ccc(Sc2ccc(OC(C)OC(=O)C=C)cc2)cc1. The Morgan fingerprint density at radius 1 is 0.759 bits per heavy atom. The van der Waals surface area contributed by atoms with Crippen LogP contribution in [-0.2, 0) is 19.1 Å².